The molecule has 0 bridgehead atoms. The van der Waals surface area contributed by atoms with Crippen molar-refractivity contribution in [2.45, 2.75) is 26.2 Å². The monoisotopic (exact) mass is 434 g/mol. The number of rotatable bonds is 9. The summed E-state index contributed by atoms with van der Waals surface area (Å²) >= 11 is 1.54. The van der Waals surface area contributed by atoms with Gasteiger partial charge in [-0.05, 0) is 48.6 Å². The van der Waals surface area contributed by atoms with Gasteiger partial charge in [-0.15, -0.1) is 11.3 Å². The first kappa shape index (κ1) is 20.7. The maximum atomic E-state index is 12.8. The normalized spacial score (nSPS) is 11.0. The number of hydrogen-bond donors (Lipinski definition) is 3. The molecule has 4 aromatic rings. The number of Topliss-reactive ketones (excluding diaryl/α,β-unsaturated/α-hetero) is 2. The smallest absolute Gasteiger partial charge is 0.165 e. The Balaban J connectivity index is 1.38. The molecule has 0 fully saturated rings. The van der Waals surface area contributed by atoms with Gasteiger partial charge in [-0.3, -0.25) is 9.59 Å². The van der Waals surface area contributed by atoms with E-state index < -0.39 is 0 Å². The van der Waals surface area contributed by atoms with Crippen LogP contribution >= 0.6 is 11.3 Å². The van der Waals surface area contributed by atoms with Crippen LogP contribution in [-0.4, -0.2) is 38.2 Å². The largest absolute Gasteiger partial charge is 0.506 e. The number of imidazole rings is 1. The number of benzene rings is 1. The van der Waals surface area contributed by atoms with Gasteiger partial charge < -0.3 is 15.4 Å². The number of pyridine rings is 1. The van der Waals surface area contributed by atoms with E-state index >= 15 is 0 Å². The number of aromatic amines is 1. The average molecular weight is 435 g/mol. The molecular formula is C23H22N4O3S. The standard InChI is InChI=1S/C23H22N4O3S/c1-14(28)12-15-6-9-20(25-13-15)24-10-2-4-17(29)16-7-8-18(30)22-21(16)26-23(27-22)19-5-3-11-31-19/h3,5-9,11,13,30H,2,4,10,12H2,1H3,(H,24,25)(H,26,27). The minimum Gasteiger partial charge on any atom is -0.506 e. The van der Waals surface area contributed by atoms with E-state index in [2.05, 4.69) is 20.3 Å². The van der Waals surface area contributed by atoms with Crippen LogP contribution in [0.4, 0.5) is 5.82 Å². The number of ketones is 2. The molecule has 3 aromatic heterocycles. The van der Waals surface area contributed by atoms with Crippen molar-refractivity contribution in [3.63, 3.8) is 0 Å². The van der Waals surface area contributed by atoms with E-state index in [0.717, 1.165) is 10.4 Å². The predicted octanol–water partition coefficient (Wildman–Crippen LogP) is 4.60. The molecule has 4 rings (SSSR count). The fourth-order valence-corrected chi connectivity index (χ4v) is 4.02. The van der Waals surface area contributed by atoms with Crippen LogP contribution in [-0.2, 0) is 11.2 Å². The van der Waals surface area contributed by atoms with Crippen molar-refractivity contribution in [3.05, 3.63) is 59.1 Å². The molecule has 31 heavy (non-hydrogen) atoms. The average Bonchev–Trinajstić information content (AvgIpc) is 3.42. The minimum absolute atomic E-state index is 0.0270. The maximum absolute atomic E-state index is 12.8. The molecule has 0 unspecified atom stereocenters. The molecule has 0 aliphatic heterocycles. The van der Waals surface area contributed by atoms with Crippen molar-refractivity contribution in [2.24, 2.45) is 0 Å². The molecule has 158 valence electrons. The van der Waals surface area contributed by atoms with E-state index in [0.29, 0.717) is 54.0 Å². The molecule has 0 spiro atoms. The number of carbonyl (C=O) groups is 2. The van der Waals surface area contributed by atoms with E-state index in [1.165, 1.54) is 17.4 Å². The lowest BCUT2D eigenvalue weighted by Gasteiger charge is -2.07. The van der Waals surface area contributed by atoms with Crippen LogP contribution in [0.1, 0.15) is 35.7 Å². The van der Waals surface area contributed by atoms with Crippen molar-refractivity contribution in [1.29, 1.82) is 0 Å². The first-order valence-corrected chi connectivity index (χ1v) is 10.9. The molecular weight excluding hydrogens is 412 g/mol. The fraction of sp³-hybridized carbons (Fsp3) is 0.217. The highest BCUT2D eigenvalue weighted by molar-refractivity contribution is 7.13. The van der Waals surface area contributed by atoms with Gasteiger partial charge >= 0.3 is 0 Å². The quantitative estimate of drug-likeness (QED) is 0.262. The van der Waals surface area contributed by atoms with Crippen molar-refractivity contribution >= 4 is 39.8 Å². The summed E-state index contributed by atoms with van der Waals surface area (Å²) in [5.74, 6) is 1.49. The molecule has 1 aromatic carbocycles. The summed E-state index contributed by atoms with van der Waals surface area (Å²) in [5, 5.41) is 15.3. The van der Waals surface area contributed by atoms with Gasteiger partial charge in [-0.25, -0.2) is 9.97 Å². The van der Waals surface area contributed by atoms with Crippen molar-refractivity contribution in [1.82, 2.24) is 15.0 Å². The second-order valence-electron chi connectivity index (χ2n) is 7.30. The molecule has 0 atom stereocenters. The Bertz CT molecular complexity index is 1210. The number of phenols is 1. The number of phenolic OH excluding ortho intramolecular Hbond substituents is 1. The summed E-state index contributed by atoms with van der Waals surface area (Å²) in [6, 6.07) is 10.7. The number of H-pyrrole nitrogens is 1. The number of hydrogen-bond acceptors (Lipinski definition) is 7. The molecule has 8 heteroatoms. The third-order valence-corrected chi connectivity index (χ3v) is 5.72. The predicted molar refractivity (Wildman–Crippen MR) is 122 cm³/mol. The molecule has 0 saturated heterocycles. The minimum atomic E-state index is -0.0270. The Morgan fingerprint density at radius 3 is 2.77 bits per heavy atom. The Morgan fingerprint density at radius 2 is 2.06 bits per heavy atom. The first-order chi connectivity index (χ1) is 15.0. The Kier molecular flexibility index (Phi) is 6.08. The topological polar surface area (TPSA) is 108 Å². The van der Waals surface area contributed by atoms with Crippen molar-refractivity contribution in [2.75, 3.05) is 11.9 Å². The van der Waals surface area contributed by atoms with Gasteiger partial charge in [-0.1, -0.05) is 12.1 Å². The van der Waals surface area contributed by atoms with Crippen LogP contribution in [0.3, 0.4) is 0 Å². The summed E-state index contributed by atoms with van der Waals surface area (Å²) in [4.78, 5) is 36.9. The highest BCUT2D eigenvalue weighted by atomic mass is 32.1. The number of anilines is 1. The fourth-order valence-electron chi connectivity index (χ4n) is 3.35. The molecule has 0 amide bonds. The molecule has 0 aliphatic rings. The van der Waals surface area contributed by atoms with E-state index in [1.807, 2.05) is 29.6 Å². The number of aromatic nitrogens is 3. The van der Waals surface area contributed by atoms with Crippen molar-refractivity contribution < 1.29 is 14.7 Å². The van der Waals surface area contributed by atoms with E-state index in [9.17, 15) is 14.7 Å². The Morgan fingerprint density at radius 1 is 1.19 bits per heavy atom. The summed E-state index contributed by atoms with van der Waals surface area (Å²) in [5.41, 5.74) is 2.34. The van der Waals surface area contributed by atoms with Crippen LogP contribution in [0.25, 0.3) is 21.7 Å². The van der Waals surface area contributed by atoms with Gasteiger partial charge in [0.2, 0.25) is 0 Å². The number of aromatic hydroxyl groups is 1. The molecule has 3 N–H and O–H groups in total. The van der Waals surface area contributed by atoms with Crippen LogP contribution in [0, 0.1) is 0 Å². The SMILES string of the molecule is CC(=O)Cc1ccc(NCCCC(=O)c2ccc(O)c3[nH]c(-c4cccs4)nc23)nc1. The zero-order chi connectivity index (χ0) is 21.8. The number of thiophene rings is 1. The lowest BCUT2D eigenvalue weighted by Crippen LogP contribution is -2.07. The van der Waals surface area contributed by atoms with Gasteiger partial charge in [0.1, 0.15) is 34.2 Å². The van der Waals surface area contributed by atoms with E-state index in [1.54, 1.807) is 19.2 Å². The summed E-state index contributed by atoms with van der Waals surface area (Å²) in [6.07, 6.45) is 3.03. The summed E-state index contributed by atoms with van der Waals surface area (Å²) in [6.45, 7) is 2.14. The van der Waals surface area contributed by atoms with Crippen LogP contribution in [0.15, 0.2) is 48.0 Å². The number of nitrogens with one attached hydrogen (secondary N) is 2. The van der Waals surface area contributed by atoms with Gasteiger partial charge in [0.15, 0.2) is 5.78 Å². The van der Waals surface area contributed by atoms with Crippen LogP contribution < -0.4 is 5.32 Å². The van der Waals surface area contributed by atoms with Gasteiger partial charge in [-0.2, -0.15) is 0 Å². The third-order valence-electron chi connectivity index (χ3n) is 4.84. The van der Waals surface area contributed by atoms with Crippen LogP contribution in [0.2, 0.25) is 0 Å². The number of carbonyl (C=O) groups excluding carboxylic acids is 2. The zero-order valence-corrected chi connectivity index (χ0v) is 17.8. The Hall–Kier alpha value is -3.52. The van der Waals surface area contributed by atoms with E-state index in [-0.39, 0.29) is 17.3 Å². The highest BCUT2D eigenvalue weighted by Crippen LogP contribution is 2.31. The Labute approximate surface area is 183 Å². The van der Waals surface area contributed by atoms with Gasteiger partial charge in [0, 0.05) is 31.1 Å². The second-order valence-corrected chi connectivity index (χ2v) is 8.25. The molecule has 0 radical (unpaired) electrons. The molecule has 3 heterocycles. The zero-order valence-electron chi connectivity index (χ0n) is 17.0. The lowest BCUT2D eigenvalue weighted by molar-refractivity contribution is -0.116. The number of fused-ring (bicyclic) bond motifs is 1. The second kappa shape index (κ2) is 9.09. The third kappa shape index (κ3) is 4.80. The first-order valence-electron chi connectivity index (χ1n) is 9.98. The van der Waals surface area contributed by atoms with Crippen LogP contribution in [0.5, 0.6) is 5.75 Å². The van der Waals surface area contributed by atoms with Crippen molar-refractivity contribution in [3.8, 4) is 16.5 Å². The lowest BCUT2D eigenvalue weighted by atomic mass is 10.0. The molecule has 0 saturated carbocycles. The maximum Gasteiger partial charge on any atom is 0.165 e. The molecule has 7 nitrogen and oxygen atoms in total. The summed E-state index contributed by atoms with van der Waals surface area (Å²) in [7, 11) is 0. The highest BCUT2D eigenvalue weighted by Gasteiger charge is 2.17. The number of nitrogens with zero attached hydrogens (tertiary/aromatic N) is 2. The molecule has 0 aliphatic carbocycles. The summed E-state index contributed by atoms with van der Waals surface area (Å²) < 4.78 is 0. The van der Waals surface area contributed by atoms with Gasteiger partial charge in [0.05, 0.1) is 4.88 Å². The van der Waals surface area contributed by atoms with Gasteiger partial charge in [0.25, 0.3) is 0 Å². The van der Waals surface area contributed by atoms with E-state index in [4.69, 9.17) is 0 Å².